The van der Waals surface area contributed by atoms with E-state index in [1.54, 1.807) is 12.1 Å². The summed E-state index contributed by atoms with van der Waals surface area (Å²) in [4.78, 5) is 61.1. The average Bonchev–Trinajstić information content (AvgIpc) is 3.20. The van der Waals surface area contributed by atoms with Crippen LogP contribution in [0.5, 0.6) is 0 Å². The number of hydrogen-bond donors (Lipinski definition) is 1. The van der Waals surface area contributed by atoms with E-state index in [2.05, 4.69) is 0 Å². The summed E-state index contributed by atoms with van der Waals surface area (Å²) in [6, 6.07) is 6.68. The molecule has 1 aliphatic rings. The molecule has 10 heteroatoms. The predicted molar refractivity (Wildman–Crippen MR) is 118 cm³/mol. The average molecular weight is 478 g/mol. The maximum Gasteiger partial charge on any atom is 0.323 e. The second-order valence-electron chi connectivity index (χ2n) is 7.78. The summed E-state index contributed by atoms with van der Waals surface area (Å²) in [5, 5.41) is 0. The van der Waals surface area contributed by atoms with E-state index < -0.39 is 41.8 Å². The van der Waals surface area contributed by atoms with Crippen LogP contribution in [0.2, 0.25) is 0 Å². The zero-order chi connectivity index (χ0) is 23.4. The first-order chi connectivity index (χ1) is 15.2. The molecule has 2 aromatic rings. The van der Waals surface area contributed by atoms with Crippen molar-refractivity contribution in [3.63, 3.8) is 0 Å². The summed E-state index contributed by atoms with van der Waals surface area (Å²) in [6.45, 7) is 3.41. The van der Waals surface area contributed by atoms with Crippen molar-refractivity contribution in [3.05, 3.63) is 58.5 Å². The Morgan fingerprint density at radius 2 is 1.58 bits per heavy atom. The van der Waals surface area contributed by atoms with Crippen LogP contribution in [0.15, 0.2) is 34.7 Å². The highest BCUT2D eigenvalue weighted by Gasteiger charge is 2.34. The lowest BCUT2D eigenvalue weighted by Crippen LogP contribution is -2.34. The molecule has 176 valence electrons. The van der Waals surface area contributed by atoms with Crippen molar-refractivity contribution in [1.29, 1.82) is 0 Å². The molecule has 1 atom stereocenters. The van der Waals surface area contributed by atoms with E-state index in [9.17, 15) is 24.0 Å². The molecular weight excluding hydrogens is 454 g/mol. The predicted octanol–water partition coefficient (Wildman–Crippen LogP) is 2.51. The van der Waals surface area contributed by atoms with E-state index in [4.69, 9.17) is 19.6 Å². The van der Waals surface area contributed by atoms with Crippen LogP contribution in [0.3, 0.4) is 0 Å². The zero-order valence-corrected chi connectivity index (χ0v) is 18.9. The Bertz CT molecular complexity index is 1040. The number of hydrogen-bond acceptors (Lipinski definition) is 9. The summed E-state index contributed by atoms with van der Waals surface area (Å²) in [6.07, 6.45) is -0.196. The van der Waals surface area contributed by atoms with Crippen LogP contribution in [0.4, 0.5) is 0 Å². The first-order valence-electron chi connectivity index (χ1n) is 10.1. The van der Waals surface area contributed by atoms with Gasteiger partial charge in [0.05, 0.1) is 5.56 Å². The highest BCUT2D eigenvalue weighted by Crippen LogP contribution is 2.30. The Balaban J connectivity index is 0.00000385. The molecule has 1 aliphatic carbocycles. The molecule has 3 rings (SSSR count). The van der Waals surface area contributed by atoms with Crippen molar-refractivity contribution < 1.29 is 37.9 Å². The maximum absolute atomic E-state index is 12.6. The summed E-state index contributed by atoms with van der Waals surface area (Å²) in [5.74, 6) is -3.43. The van der Waals surface area contributed by atoms with Gasteiger partial charge in [-0.05, 0) is 18.4 Å². The van der Waals surface area contributed by atoms with Gasteiger partial charge in [0.2, 0.25) is 11.6 Å². The number of Topliss-reactive ketones (excluding diaryl/α,β-unsaturated/α-hetero) is 1. The summed E-state index contributed by atoms with van der Waals surface area (Å²) in [5.41, 5.74) is 6.10. The molecule has 1 aromatic carbocycles. The van der Waals surface area contributed by atoms with Crippen molar-refractivity contribution in [2.24, 2.45) is 11.7 Å². The fourth-order valence-electron chi connectivity index (χ4n) is 3.29. The van der Waals surface area contributed by atoms with Crippen molar-refractivity contribution in [2.45, 2.75) is 32.7 Å². The van der Waals surface area contributed by atoms with Crippen LogP contribution in [-0.4, -0.2) is 48.5 Å². The van der Waals surface area contributed by atoms with Gasteiger partial charge >= 0.3 is 11.9 Å². The molecule has 0 fully saturated rings. The molecule has 0 aliphatic heterocycles. The minimum Gasteiger partial charge on any atom is -0.462 e. The number of fused-ring (bicyclic) bond motifs is 2. The molecule has 0 spiro atoms. The van der Waals surface area contributed by atoms with Gasteiger partial charge < -0.3 is 19.6 Å². The lowest BCUT2D eigenvalue weighted by atomic mass is 9.88. The molecule has 1 aromatic heterocycles. The lowest BCUT2D eigenvalue weighted by Gasteiger charge is -2.13. The third-order valence-corrected chi connectivity index (χ3v) is 4.80. The molecule has 33 heavy (non-hydrogen) atoms. The zero-order valence-electron chi connectivity index (χ0n) is 18.1. The molecule has 0 amide bonds. The van der Waals surface area contributed by atoms with Gasteiger partial charge in [-0.15, -0.1) is 12.4 Å². The molecule has 0 bridgehead atoms. The molecule has 0 saturated heterocycles. The highest BCUT2D eigenvalue weighted by atomic mass is 35.5. The largest absolute Gasteiger partial charge is 0.462 e. The minimum atomic E-state index is -0.868. The molecular formula is C23H24ClNO8. The monoisotopic (exact) mass is 477 g/mol. The number of halogens is 1. The first-order valence-corrected chi connectivity index (χ1v) is 10.1. The smallest absolute Gasteiger partial charge is 0.323 e. The van der Waals surface area contributed by atoms with Crippen LogP contribution in [0.25, 0.3) is 0 Å². The molecule has 9 nitrogen and oxygen atoms in total. The van der Waals surface area contributed by atoms with Crippen LogP contribution < -0.4 is 5.73 Å². The maximum atomic E-state index is 12.6. The second-order valence-corrected chi connectivity index (χ2v) is 7.78. The molecule has 1 heterocycles. The lowest BCUT2D eigenvalue weighted by molar-refractivity contribution is -0.152. The SMILES string of the molecule is CC(C)C[C@H](N)C(=O)OCCOC(=O)CC(=O)c1cc2c(o1)C(=O)c1ccccc1C2=O.Cl. The fourth-order valence-corrected chi connectivity index (χ4v) is 3.29. The van der Waals surface area contributed by atoms with Crippen LogP contribution in [-0.2, 0) is 19.1 Å². The Hall–Kier alpha value is -3.30. The molecule has 0 unspecified atom stereocenters. The van der Waals surface area contributed by atoms with E-state index >= 15 is 0 Å². The summed E-state index contributed by atoms with van der Waals surface area (Å²) < 4.78 is 15.1. The van der Waals surface area contributed by atoms with E-state index in [1.807, 2.05) is 13.8 Å². The molecule has 0 radical (unpaired) electrons. The number of furan rings is 1. The van der Waals surface area contributed by atoms with Crippen LogP contribution >= 0.6 is 12.4 Å². The highest BCUT2D eigenvalue weighted by molar-refractivity contribution is 6.28. The number of carbonyl (C=O) groups is 5. The second kappa shape index (κ2) is 11.0. The van der Waals surface area contributed by atoms with Crippen molar-refractivity contribution in [2.75, 3.05) is 13.2 Å². The van der Waals surface area contributed by atoms with E-state index in [1.165, 1.54) is 18.2 Å². The number of carbonyl (C=O) groups excluding carboxylic acids is 5. The van der Waals surface area contributed by atoms with Crippen molar-refractivity contribution in [3.8, 4) is 0 Å². The Labute approximate surface area is 196 Å². The summed E-state index contributed by atoms with van der Waals surface area (Å²) in [7, 11) is 0. The normalized spacial score (nSPS) is 13.0. The van der Waals surface area contributed by atoms with E-state index in [0.29, 0.717) is 6.42 Å². The number of rotatable bonds is 9. The van der Waals surface area contributed by atoms with E-state index in [-0.39, 0.29) is 59.7 Å². The van der Waals surface area contributed by atoms with Gasteiger partial charge in [-0.1, -0.05) is 38.1 Å². The van der Waals surface area contributed by atoms with Crippen LogP contribution in [0.1, 0.15) is 69.3 Å². The Morgan fingerprint density at radius 1 is 0.970 bits per heavy atom. The topological polar surface area (TPSA) is 143 Å². The minimum absolute atomic E-state index is 0. The van der Waals surface area contributed by atoms with Gasteiger partial charge in [0.15, 0.2) is 17.3 Å². The Morgan fingerprint density at radius 3 is 2.21 bits per heavy atom. The third kappa shape index (κ3) is 5.94. The van der Waals surface area contributed by atoms with Gasteiger partial charge in [-0.25, -0.2) is 0 Å². The third-order valence-electron chi connectivity index (χ3n) is 4.80. The number of nitrogens with two attached hydrogens (primary N) is 1. The number of esters is 2. The quantitative estimate of drug-likeness (QED) is 0.213. The van der Waals surface area contributed by atoms with Gasteiger partial charge in [0, 0.05) is 11.1 Å². The van der Waals surface area contributed by atoms with E-state index in [0.717, 1.165) is 0 Å². The molecule has 0 saturated carbocycles. The summed E-state index contributed by atoms with van der Waals surface area (Å²) >= 11 is 0. The number of ketones is 3. The van der Waals surface area contributed by atoms with Crippen molar-refractivity contribution >= 4 is 41.7 Å². The fraction of sp³-hybridized carbons (Fsp3) is 0.348. The van der Waals surface area contributed by atoms with Crippen molar-refractivity contribution in [1.82, 2.24) is 0 Å². The first kappa shape index (κ1) is 26.0. The van der Waals surface area contributed by atoms with Gasteiger partial charge in [-0.3, -0.25) is 24.0 Å². The van der Waals surface area contributed by atoms with Gasteiger partial charge in [0.1, 0.15) is 25.7 Å². The van der Waals surface area contributed by atoms with Crippen LogP contribution in [0, 0.1) is 5.92 Å². The molecule has 2 N–H and O–H groups in total. The van der Waals surface area contributed by atoms with Gasteiger partial charge in [0.25, 0.3) is 0 Å². The number of ether oxygens (including phenoxy) is 2. The Kier molecular flexibility index (Phi) is 8.67. The standard InChI is InChI=1S/C23H23NO8.ClH/c1-12(2)9-16(24)23(29)31-8-7-30-19(26)11-17(25)18-10-15-20(27)13-5-3-4-6-14(13)21(28)22(15)32-18;/h3-6,10,12,16H,7-9,11,24H2,1-2H3;1H/t16-;/m0./s1. The number of benzene rings is 1. The van der Waals surface area contributed by atoms with Gasteiger partial charge in [-0.2, -0.15) is 0 Å².